The van der Waals surface area contributed by atoms with Crippen molar-refractivity contribution in [3.8, 4) is 0 Å². The second kappa shape index (κ2) is 9.82. The number of carbonyl (C=O) groups excluding carboxylic acids is 2. The van der Waals surface area contributed by atoms with Gasteiger partial charge in [0.05, 0.1) is 12.7 Å². The van der Waals surface area contributed by atoms with Crippen LogP contribution in [-0.2, 0) is 17.7 Å². The van der Waals surface area contributed by atoms with Crippen LogP contribution in [0.4, 0.5) is 4.79 Å². The van der Waals surface area contributed by atoms with Crippen LogP contribution in [0.1, 0.15) is 32.7 Å². The number of H-pyrrole nitrogens is 1. The first-order chi connectivity index (χ1) is 16.0. The molecule has 3 aromatic carbocycles. The Hall–Kier alpha value is -4.39. The summed E-state index contributed by atoms with van der Waals surface area (Å²) in [5.74, 6) is -0.204. The molecule has 4 rings (SSSR count). The fourth-order valence-electron chi connectivity index (χ4n) is 3.67. The second-order valence-electron chi connectivity index (χ2n) is 7.56. The van der Waals surface area contributed by atoms with E-state index in [-0.39, 0.29) is 11.7 Å². The molecule has 4 N–H and O–H groups in total. The van der Waals surface area contributed by atoms with E-state index in [1.807, 2.05) is 66.7 Å². The normalized spacial score (nSPS) is 10.6. The van der Waals surface area contributed by atoms with Crippen LogP contribution in [0, 0.1) is 5.41 Å². The molecule has 0 atom stereocenters. The van der Waals surface area contributed by atoms with Crippen molar-refractivity contribution in [1.82, 2.24) is 15.6 Å². The molecular formula is C26H24N4O3. The van der Waals surface area contributed by atoms with Crippen molar-refractivity contribution in [3.63, 3.8) is 0 Å². The Morgan fingerprint density at radius 3 is 2.33 bits per heavy atom. The third-order valence-electron chi connectivity index (χ3n) is 5.34. The quantitative estimate of drug-likeness (QED) is 0.264. The van der Waals surface area contributed by atoms with Crippen LogP contribution in [0.15, 0.2) is 78.9 Å². The summed E-state index contributed by atoms with van der Waals surface area (Å²) in [6, 6.07) is 24.9. The Morgan fingerprint density at radius 1 is 0.909 bits per heavy atom. The van der Waals surface area contributed by atoms with Crippen LogP contribution in [0.5, 0.6) is 0 Å². The van der Waals surface area contributed by atoms with E-state index in [2.05, 4.69) is 20.4 Å². The topological polar surface area (TPSA) is 107 Å². The first-order valence-electron chi connectivity index (χ1n) is 10.5. The number of hydrogen-bond donors (Lipinski definition) is 4. The number of ether oxygens (including phenoxy) is 1. The van der Waals surface area contributed by atoms with Crippen molar-refractivity contribution in [3.05, 3.63) is 107 Å². The number of fused-ring (bicyclic) bond motifs is 1. The van der Waals surface area contributed by atoms with Gasteiger partial charge in [0.1, 0.15) is 5.84 Å². The molecule has 0 saturated carbocycles. The zero-order chi connectivity index (χ0) is 23.2. The van der Waals surface area contributed by atoms with Gasteiger partial charge in [-0.2, -0.15) is 0 Å². The van der Waals surface area contributed by atoms with Gasteiger partial charge < -0.3 is 15.0 Å². The van der Waals surface area contributed by atoms with Gasteiger partial charge in [-0.3, -0.25) is 15.5 Å². The van der Waals surface area contributed by atoms with Crippen molar-refractivity contribution in [2.24, 2.45) is 0 Å². The molecule has 0 unspecified atom stereocenters. The minimum absolute atomic E-state index is 0.0539. The number of para-hydroxylation sites is 1. The van der Waals surface area contributed by atoms with Gasteiger partial charge in [0.2, 0.25) is 0 Å². The summed E-state index contributed by atoms with van der Waals surface area (Å²) in [6.45, 7) is 0.334. The average Bonchev–Trinajstić information content (AvgIpc) is 3.21. The van der Waals surface area contributed by atoms with E-state index in [1.165, 1.54) is 7.11 Å². The van der Waals surface area contributed by atoms with Gasteiger partial charge in [0.25, 0.3) is 5.91 Å². The van der Waals surface area contributed by atoms with Crippen LogP contribution in [-0.4, -0.2) is 29.9 Å². The molecule has 0 saturated heterocycles. The minimum atomic E-state index is -0.693. The molecule has 0 bridgehead atoms. The van der Waals surface area contributed by atoms with Gasteiger partial charge in [-0.15, -0.1) is 0 Å². The molecule has 0 radical (unpaired) electrons. The minimum Gasteiger partial charge on any atom is -0.453 e. The van der Waals surface area contributed by atoms with E-state index >= 15 is 0 Å². The van der Waals surface area contributed by atoms with Gasteiger partial charge in [0, 0.05) is 35.1 Å². The predicted molar refractivity (Wildman–Crippen MR) is 128 cm³/mol. The maximum atomic E-state index is 13.2. The highest BCUT2D eigenvalue weighted by atomic mass is 16.5. The van der Waals surface area contributed by atoms with Crippen LogP contribution in [0.3, 0.4) is 0 Å². The van der Waals surface area contributed by atoms with Crippen LogP contribution < -0.4 is 10.6 Å². The summed E-state index contributed by atoms with van der Waals surface area (Å²) in [7, 11) is 1.24. The third-order valence-corrected chi connectivity index (χ3v) is 5.34. The van der Waals surface area contributed by atoms with Gasteiger partial charge >= 0.3 is 6.09 Å². The van der Waals surface area contributed by atoms with Crippen molar-refractivity contribution in [1.29, 1.82) is 5.41 Å². The standard InChI is InChI=1S/C26H24N4O3/c1-33-26(32)30-24(27)19-13-11-18(12-14-19)16-28-25(31)23-20-9-5-6-10-21(20)29-22(23)15-17-7-3-2-4-8-17/h2-14,29H,15-16H2,1H3,(H,28,31)(H2,27,30,32). The van der Waals surface area contributed by atoms with Crippen molar-refractivity contribution in [2.75, 3.05) is 7.11 Å². The molecule has 0 spiro atoms. The number of aromatic amines is 1. The van der Waals surface area contributed by atoms with E-state index in [9.17, 15) is 9.59 Å². The molecule has 166 valence electrons. The highest BCUT2D eigenvalue weighted by Crippen LogP contribution is 2.24. The molecule has 0 aliphatic rings. The lowest BCUT2D eigenvalue weighted by molar-refractivity contribution is 0.0951. The van der Waals surface area contributed by atoms with E-state index in [4.69, 9.17) is 5.41 Å². The Kier molecular flexibility index (Phi) is 6.50. The first-order valence-corrected chi connectivity index (χ1v) is 10.5. The van der Waals surface area contributed by atoms with Crippen LogP contribution in [0.25, 0.3) is 10.9 Å². The summed E-state index contributed by atoms with van der Waals surface area (Å²) >= 11 is 0. The lowest BCUT2D eigenvalue weighted by atomic mass is 10.0. The second-order valence-corrected chi connectivity index (χ2v) is 7.56. The summed E-state index contributed by atoms with van der Waals surface area (Å²) in [5.41, 5.74) is 4.98. The lowest BCUT2D eigenvalue weighted by Gasteiger charge is -2.09. The molecule has 7 nitrogen and oxygen atoms in total. The van der Waals surface area contributed by atoms with Crippen LogP contribution >= 0.6 is 0 Å². The lowest BCUT2D eigenvalue weighted by Crippen LogP contribution is -2.30. The summed E-state index contributed by atoms with van der Waals surface area (Å²) in [6.07, 6.45) is -0.0659. The zero-order valence-corrected chi connectivity index (χ0v) is 18.1. The highest BCUT2D eigenvalue weighted by molar-refractivity contribution is 6.08. The molecule has 0 aliphatic heterocycles. The number of rotatable bonds is 6. The van der Waals surface area contributed by atoms with Gasteiger partial charge in [-0.1, -0.05) is 72.8 Å². The Balaban J connectivity index is 1.49. The largest absolute Gasteiger partial charge is 0.453 e. The van der Waals surface area contributed by atoms with E-state index < -0.39 is 6.09 Å². The molecule has 33 heavy (non-hydrogen) atoms. The fraction of sp³-hybridized carbons (Fsp3) is 0.115. The number of carbonyl (C=O) groups is 2. The summed E-state index contributed by atoms with van der Waals surface area (Å²) < 4.78 is 4.50. The Bertz CT molecular complexity index is 1290. The molecular weight excluding hydrogens is 416 g/mol. The summed E-state index contributed by atoms with van der Waals surface area (Å²) in [4.78, 5) is 27.9. The van der Waals surface area contributed by atoms with Gasteiger partial charge in [-0.05, 0) is 17.2 Å². The predicted octanol–water partition coefficient (Wildman–Crippen LogP) is 4.37. The van der Waals surface area contributed by atoms with Crippen molar-refractivity contribution >= 4 is 28.7 Å². The molecule has 7 heteroatoms. The number of hydrogen-bond acceptors (Lipinski definition) is 4. The summed E-state index contributed by atoms with van der Waals surface area (Å²) in [5, 5.41) is 14.1. The number of aromatic nitrogens is 1. The fourth-order valence-corrected chi connectivity index (χ4v) is 3.67. The monoisotopic (exact) mass is 440 g/mol. The average molecular weight is 441 g/mol. The molecule has 0 fully saturated rings. The SMILES string of the molecule is COC(=O)NC(=N)c1ccc(CNC(=O)c2c(Cc3ccccc3)[nH]c3ccccc23)cc1. The van der Waals surface area contributed by atoms with E-state index in [0.29, 0.717) is 24.1 Å². The number of amides is 2. The number of nitrogens with one attached hydrogen (secondary N) is 4. The number of alkyl carbamates (subject to hydrolysis) is 1. The van der Waals surface area contributed by atoms with Gasteiger partial charge in [0.15, 0.2) is 0 Å². The molecule has 1 aromatic heterocycles. The maximum Gasteiger partial charge on any atom is 0.412 e. The first kappa shape index (κ1) is 21.8. The Labute approximate surface area is 191 Å². The molecule has 4 aromatic rings. The van der Waals surface area contributed by atoms with Crippen molar-refractivity contribution in [2.45, 2.75) is 13.0 Å². The molecule has 1 heterocycles. The molecule has 0 aliphatic carbocycles. The van der Waals surface area contributed by atoms with Crippen LogP contribution in [0.2, 0.25) is 0 Å². The number of benzene rings is 3. The number of amidine groups is 1. The number of methoxy groups -OCH3 is 1. The highest BCUT2D eigenvalue weighted by Gasteiger charge is 2.18. The maximum absolute atomic E-state index is 13.2. The molecule has 2 amide bonds. The third kappa shape index (κ3) is 5.10. The smallest absolute Gasteiger partial charge is 0.412 e. The van der Waals surface area contributed by atoms with E-state index in [0.717, 1.165) is 27.7 Å². The van der Waals surface area contributed by atoms with Crippen molar-refractivity contribution < 1.29 is 14.3 Å². The van der Waals surface area contributed by atoms with Gasteiger partial charge in [-0.25, -0.2) is 4.79 Å². The zero-order valence-electron chi connectivity index (χ0n) is 18.1. The van der Waals surface area contributed by atoms with E-state index in [1.54, 1.807) is 12.1 Å². The Morgan fingerprint density at radius 2 is 1.61 bits per heavy atom.